The van der Waals surface area contributed by atoms with Gasteiger partial charge in [0, 0.05) is 12.3 Å². The maximum Gasteiger partial charge on any atom is 0.237 e. The minimum Gasteiger partial charge on any atom is -0.352 e. The standard InChI is InChI=1S/C10H20N2O3S2/c1-17(14,15)7-4-9(11)10(13)12-8-2-5-16-6-3-8/h8-9H,2-7,11H2,1H3,(H,12,13). The number of hydrogen-bond acceptors (Lipinski definition) is 5. The van der Waals surface area contributed by atoms with Crippen molar-refractivity contribution in [3.05, 3.63) is 0 Å². The molecule has 0 radical (unpaired) electrons. The monoisotopic (exact) mass is 280 g/mol. The molecule has 0 spiro atoms. The highest BCUT2D eigenvalue weighted by atomic mass is 32.2. The number of nitrogens with two attached hydrogens (primary N) is 1. The van der Waals surface area contributed by atoms with Gasteiger partial charge >= 0.3 is 0 Å². The smallest absolute Gasteiger partial charge is 0.237 e. The Morgan fingerprint density at radius 2 is 2.06 bits per heavy atom. The zero-order valence-corrected chi connectivity index (χ0v) is 11.6. The third kappa shape index (κ3) is 6.28. The predicted octanol–water partition coefficient (Wildman–Crippen LogP) is -0.240. The first-order valence-corrected chi connectivity index (χ1v) is 8.91. The lowest BCUT2D eigenvalue weighted by Gasteiger charge is -2.24. The van der Waals surface area contributed by atoms with Crippen LogP contribution in [0.25, 0.3) is 0 Å². The molecule has 1 fully saturated rings. The van der Waals surface area contributed by atoms with Crippen LogP contribution in [0.2, 0.25) is 0 Å². The van der Waals surface area contributed by atoms with Gasteiger partial charge in [-0.1, -0.05) is 0 Å². The molecule has 1 aliphatic rings. The summed E-state index contributed by atoms with van der Waals surface area (Å²) in [5.74, 6) is 1.85. The maximum atomic E-state index is 11.7. The van der Waals surface area contributed by atoms with Gasteiger partial charge in [0.1, 0.15) is 9.84 Å². The molecule has 1 heterocycles. The van der Waals surface area contributed by atoms with Crippen molar-refractivity contribution in [1.29, 1.82) is 0 Å². The number of amides is 1. The Balaban J connectivity index is 2.30. The summed E-state index contributed by atoms with van der Waals surface area (Å²) in [6.45, 7) is 0. The fraction of sp³-hybridized carbons (Fsp3) is 0.900. The Labute approximate surface area is 107 Å². The minimum atomic E-state index is -3.05. The number of carbonyl (C=O) groups is 1. The molecule has 17 heavy (non-hydrogen) atoms. The molecule has 0 aromatic carbocycles. The fourth-order valence-corrected chi connectivity index (χ4v) is 3.41. The van der Waals surface area contributed by atoms with E-state index < -0.39 is 15.9 Å². The van der Waals surface area contributed by atoms with Crippen molar-refractivity contribution < 1.29 is 13.2 Å². The maximum absolute atomic E-state index is 11.7. The average Bonchev–Trinajstić information content (AvgIpc) is 2.26. The summed E-state index contributed by atoms with van der Waals surface area (Å²) >= 11 is 1.89. The van der Waals surface area contributed by atoms with Gasteiger partial charge in [-0.05, 0) is 30.8 Å². The molecule has 0 saturated carbocycles. The fourth-order valence-electron chi connectivity index (χ4n) is 1.62. The van der Waals surface area contributed by atoms with Crippen molar-refractivity contribution in [3.63, 3.8) is 0 Å². The topological polar surface area (TPSA) is 89.3 Å². The zero-order valence-electron chi connectivity index (χ0n) is 10.0. The predicted molar refractivity (Wildman–Crippen MR) is 70.8 cm³/mol. The molecule has 0 aromatic heterocycles. The molecule has 1 amide bonds. The van der Waals surface area contributed by atoms with Gasteiger partial charge in [-0.3, -0.25) is 4.79 Å². The van der Waals surface area contributed by atoms with Crippen molar-refractivity contribution in [1.82, 2.24) is 5.32 Å². The minimum absolute atomic E-state index is 0.0396. The number of thioether (sulfide) groups is 1. The molecule has 0 bridgehead atoms. The van der Waals surface area contributed by atoms with Crippen LogP contribution in [0.3, 0.4) is 0 Å². The lowest BCUT2D eigenvalue weighted by Crippen LogP contribution is -2.47. The Hall–Kier alpha value is -0.270. The Morgan fingerprint density at radius 1 is 1.47 bits per heavy atom. The number of sulfone groups is 1. The molecular weight excluding hydrogens is 260 g/mol. The second kappa shape index (κ2) is 6.61. The highest BCUT2D eigenvalue weighted by Crippen LogP contribution is 2.16. The summed E-state index contributed by atoms with van der Waals surface area (Å²) < 4.78 is 21.9. The molecule has 3 N–H and O–H groups in total. The van der Waals surface area contributed by atoms with Crippen LogP contribution in [-0.4, -0.2) is 49.9 Å². The average molecular weight is 280 g/mol. The van der Waals surface area contributed by atoms with E-state index in [2.05, 4.69) is 5.32 Å². The van der Waals surface area contributed by atoms with Gasteiger partial charge in [-0.15, -0.1) is 0 Å². The first kappa shape index (κ1) is 14.8. The van der Waals surface area contributed by atoms with E-state index in [1.165, 1.54) is 0 Å². The first-order chi connectivity index (χ1) is 7.88. The molecule has 1 unspecified atom stereocenters. The second-order valence-corrected chi connectivity index (χ2v) is 7.90. The highest BCUT2D eigenvalue weighted by Gasteiger charge is 2.20. The Bertz CT molecular complexity index is 351. The molecule has 1 atom stereocenters. The van der Waals surface area contributed by atoms with Crippen LogP contribution in [0, 0.1) is 0 Å². The molecule has 1 aliphatic heterocycles. The number of hydrogen-bond donors (Lipinski definition) is 2. The van der Waals surface area contributed by atoms with E-state index in [0.29, 0.717) is 0 Å². The molecule has 1 saturated heterocycles. The summed E-state index contributed by atoms with van der Waals surface area (Å²) in [7, 11) is -3.05. The van der Waals surface area contributed by atoms with Crippen molar-refractivity contribution in [2.75, 3.05) is 23.5 Å². The number of rotatable bonds is 5. The van der Waals surface area contributed by atoms with E-state index in [1.807, 2.05) is 11.8 Å². The van der Waals surface area contributed by atoms with Crippen LogP contribution in [0.15, 0.2) is 0 Å². The summed E-state index contributed by atoms with van der Waals surface area (Å²) in [6, 6.07) is -0.521. The molecule has 0 aromatic rings. The Morgan fingerprint density at radius 3 is 2.59 bits per heavy atom. The van der Waals surface area contributed by atoms with Gasteiger partial charge in [-0.25, -0.2) is 8.42 Å². The van der Waals surface area contributed by atoms with E-state index in [-0.39, 0.29) is 24.1 Å². The van der Waals surface area contributed by atoms with Gasteiger partial charge in [0.15, 0.2) is 0 Å². The molecule has 1 rings (SSSR count). The summed E-state index contributed by atoms with van der Waals surface area (Å²) in [5, 5.41) is 2.88. The number of carbonyl (C=O) groups excluding carboxylic acids is 1. The Kier molecular flexibility index (Phi) is 5.75. The van der Waals surface area contributed by atoms with E-state index in [9.17, 15) is 13.2 Å². The molecule has 0 aliphatic carbocycles. The van der Waals surface area contributed by atoms with E-state index in [4.69, 9.17) is 5.73 Å². The molecule has 5 nitrogen and oxygen atoms in total. The normalized spacial score (nSPS) is 19.9. The van der Waals surface area contributed by atoms with Crippen LogP contribution in [0.4, 0.5) is 0 Å². The van der Waals surface area contributed by atoms with Crippen LogP contribution in [0.1, 0.15) is 19.3 Å². The highest BCUT2D eigenvalue weighted by molar-refractivity contribution is 7.99. The van der Waals surface area contributed by atoms with Crippen LogP contribution >= 0.6 is 11.8 Å². The molecule has 7 heteroatoms. The van der Waals surface area contributed by atoms with E-state index in [0.717, 1.165) is 30.6 Å². The van der Waals surface area contributed by atoms with Gasteiger partial charge in [0.25, 0.3) is 0 Å². The first-order valence-electron chi connectivity index (χ1n) is 5.70. The van der Waals surface area contributed by atoms with E-state index >= 15 is 0 Å². The van der Waals surface area contributed by atoms with Gasteiger partial charge in [0.05, 0.1) is 11.8 Å². The molecule has 100 valence electrons. The van der Waals surface area contributed by atoms with Crippen molar-refractivity contribution >= 4 is 27.5 Å². The third-order valence-electron chi connectivity index (χ3n) is 2.70. The van der Waals surface area contributed by atoms with Crippen LogP contribution in [-0.2, 0) is 14.6 Å². The SMILES string of the molecule is CS(=O)(=O)CCC(N)C(=O)NC1CCSCC1. The van der Waals surface area contributed by atoms with E-state index in [1.54, 1.807) is 0 Å². The molecular formula is C10H20N2O3S2. The second-order valence-electron chi connectivity index (χ2n) is 4.42. The van der Waals surface area contributed by atoms with Crippen molar-refractivity contribution in [3.8, 4) is 0 Å². The van der Waals surface area contributed by atoms with Gasteiger partial charge in [0.2, 0.25) is 5.91 Å². The summed E-state index contributed by atoms with van der Waals surface area (Å²) in [6.07, 6.45) is 3.27. The van der Waals surface area contributed by atoms with Crippen LogP contribution < -0.4 is 11.1 Å². The largest absolute Gasteiger partial charge is 0.352 e. The van der Waals surface area contributed by atoms with Gasteiger partial charge in [-0.2, -0.15) is 11.8 Å². The number of nitrogens with one attached hydrogen (secondary N) is 1. The van der Waals surface area contributed by atoms with Crippen molar-refractivity contribution in [2.24, 2.45) is 5.73 Å². The lowest BCUT2D eigenvalue weighted by molar-refractivity contribution is -0.123. The van der Waals surface area contributed by atoms with Crippen LogP contribution in [0.5, 0.6) is 0 Å². The quantitative estimate of drug-likeness (QED) is 0.725. The van der Waals surface area contributed by atoms with Crippen molar-refractivity contribution in [2.45, 2.75) is 31.3 Å². The summed E-state index contributed by atoms with van der Waals surface area (Å²) in [5.41, 5.74) is 5.66. The zero-order chi connectivity index (χ0) is 12.9. The van der Waals surface area contributed by atoms with Gasteiger partial charge < -0.3 is 11.1 Å². The summed E-state index contributed by atoms with van der Waals surface area (Å²) in [4.78, 5) is 11.7. The lowest BCUT2D eigenvalue weighted by atomic mass is 10.1. The third-order valence-corrected chi connectivity index (χ3v) is 4.73.